The number of carbonyl (C=O) groups excluding carboxylic acids is 2. The van der Waals surface area contributed by atoms with Crippen molar-refractivity contribution in [3.8, 4) is 11.1 Å². The quantitative estimate of drug-likeness (QED) is 0.421. The zero-order chi connectivity index (χ0) is 22.0. The Bertz CT molecular complexity index is 1260. The largest absolute Gasteiger partial charge is 0.462 e. The van der Waals surface area contributed by atoms with E-state index in [9.17, 15) is 14.0 Å². The van der Waals surface area contributed by atoms with Gasteiger partial charge in [-0.3, -0.25) is 4.79 Å². The highest BCUT2D eigenvalue weighted by Gasteiger charge is 2.24. The van der Waals surface area contributed by atoms with E-state index in [1.807, 2.05) is 29.6 Å². The number of esters is 1. The first-order valence-corrected chi connectivity index (χ1v) is 10.7. The summed E-state index contributed by atoms with van der Waals surface area (Å²) in [4.78, 5) is 29.7. The average Bonchev–Trinajstić information content (AvgIpc) is 3.38. The van der Waals surface area contributed by atoms with Crippen molar-refractivity contribution in [3.63, 3.8) is 0 Å². The molecule has 0 aliphatic heterocycles. The molecule has 3 heterocycles. The number of benzene rings is 1. The summed E-state index contributed by atoms with van der Waals surface area (Å²) in [6, 6.07) is 10.7. The standard InChI is InChI=1S/C23H20FN3O3S/c1-3-14-5-7-15(8-6-14)17-13-31-22(20(17)23(29)30-4-2)26-21(28)18-12-27-11-16(24)9-10-19(27)25-18/h5-13H,3-4H2,1-2H3,(H,26,28). The summed E-state index contributed by atoms with van der Waals surface area (Å²) in [7, 11) is 0. The van der Waals surface area contributed by atoms with Gasteiger partial charge < -0.3 is 14.5 Å². The lowest BCUT2D eigenvalue weighted by molar-refractivity contribution is 0.0529. The predicted molar refractivity (Wildman–Crippen MR) is 118 cm³/mol. The minimum Gasteiger partial charge on any atom is -0.462 e. The van der Waals surface area contributed by atoms with Gasteiger partial charge >= 0.3 is 5.97 Å². The van der Waals surface area contributed by atoms with Crippen LogP contribution >= 0.6 is 11.3 Å². The number of fused-ring (bicyclic) bond motifs is 1. The van der Waals surface area contributed by atoms with Crippen molar-refractivity contribution < 1.29 is 18.7 Å². The summed E-state index contributed by atoms with van der Waals surface area (Å²) < 4.78 is 20.1. The molecule has 0 saturated heterocycles. The number of carbonyl (C=O) groups is 2. The number of hydrogen-bond donors (Lipinski definition) is 1. The first-order chi connectivity index (χ1) is 15.0. The van der Waals surface area contributed by atoms with E-state index in [1.54, 1.807) is 6.92 Å². The minimum absolute atomic E-state index is 0.114. The Morgan fingerprint density at radius 3 is 2.61 bits per heavy atom. The van der Waals surface area contributed by atoms with E-state index in [1.165, 1.54) is 45.8 Å². The van der Waals surface area contributed by atoms with Crippen LogP contribution in [0.5, 0.6) is 0 Å². The smallest absolute Gasteiger partial charge is 0.341 e. The number of rotatable bonds is 6. The molecular weight excluding hydrogens is 417 g/mol. The van der Waals surface area contributed by atoms with E-state index in [0.29, 0.717) is 21.8 Å². The third kappa shape index (κ3) is 4.20. The Labute approximate surface area is 182 Å². The summed E-state index contributed by atoms with van der Waals surface area (Å²) >= 11 is 1.24. The molecule has 0 aliphatic rings. The van der Waals surface area contributed by atoms with Crippen LogP contribution in [-0.2, 0) is 11.2 Å². The molecule has 6 nitrogen and oxygen atoms in total. The third-order valence-corrected chi connectivity index (χ3v) is 5.71. The van der Waals surface area contributed by atoms with Gasteiger partial charge in [0.15, 0.2) is 0 Å². The van der Waals surface area contributed by atoms with E-state index in [4.69, 9.17) is 4.74 Å². The van der Waals surface area contributed by atoms with Crippen molar-refractivity contribution in [1.82, 2.24) is 9.38 Å². The molecule has 158 valence electrons. The van der Waals surface area contributed by atoms with Crippen molar-refractivity contribution in [2.45, 2.75) is 20.3 Å². The van der Waals surface area contributed by atoms with Gasteiger partial charge in [0, 0.05) is 23.3 Å². The SMILES string of the molecule is CCOC(=O)c1c(-c2ccc(CC)cc2)csc1NC(=O)c1cn2cc(F)ccc2n1. The molecule has 3 aromatic heterocycles. The van der Waals surface area contributed by atoms with Gasteiger partial charge in [-0.1, -0.05) is 31.2 Å². The molecule has 1 N–H and O–H groups in total. The summed E-state index contributed by atoms with van der Waals surface area (Å²) in [5.41, 5.74) is 3.61. The van der Waals surface area contributed by atoms with E-state index >= 15 is 0 Å². The number of ether oxygens (including phenoxy) is 1. The molecule has 0 saturated carbocycles. The van der Waals surface area contributed by atoms with Crippen LogP contribution in [0.4, 0.5) is 9.39 Å². The molecule has 4 aromatic rings. The lowest BCUT2D eigenvalue weighted by Gasteiger charge is -2.08. The zero-order valence-corrected chi connectivity index (χ0v) is 17.8. The van der Waals surface area contributed by atoms with Gasteiger partial charge in [0.05, 0.1) is 6.61 Å². The van der Waals surface area contributed by atoms with Crippen molar-refractivity contribution in [1.29, 1.82) is 0 Å². The lowest BCUT2D eigenvalue weighted by atomic mass is 10.0. The minimum atomic E-state index is -0.509. The highest BCUT2D eigenvalue weighted by molar-refractivity contribution is 7.15. The van der Waals surface area contributed by atoms with Crippen LogP contribution in [0, 0.1) is 5.82 Å². The first-order valence-electron chi connectivity index (χ1n) is 9.83. The highest BCUT2D eigenvalue weighted by atomic mass is 32.1. The number of hydrogen-bond acceptors (Lipinski definition) is 5. The Morgan fingerprint density at radius 1 is 1.13 bits per heavy atom. The number of pyridine rings is 1. The summed E-state index contributed by atoms with van der Waals surface area (Å²) in [5, 5.41) is 4.96. The zero-order valence-electron chi connectivity index (χ0n) is 17.0. The number of nitrogens with zero attached hydrogens (tertiary/aromatic N) is 2. The molecule has 8 heteroatoms. The maximum atomic E-state index is 13.4. The summed E-state index contributed by atoms with van der Waals surface area (Å²) in [6.07, 6.45) is 3.60. The number of aryl methyl sites for hydroxylation is 1. The Hall–Kier alpha value is -3.52. The molecule has 0 radical (unpaired) electrons. The molecule has 0 spiro atoms. The van der Waals surface area contributed by atoms with Crippen molar-refractivity contribution in [2.75, 3.05) is 11.9 Å². The molecule has 1 aromatic carbocycles. The van der Waals surface area contributed by atoms with Crippen LogP contribution in [0.25, 0.3) is 16.8 Å². The van der Waals surface area contributed by atoms with Crippen LogP contribution in [0.2, 0.25) is 0 Å². The topological polar surface area (TPSA) is 72.7 Å². The fourth-order valence-electron chi connectivity index (χ4n) is 3.23. The Morgan fingerprint density at radius 2 is 1.90 bits per heavy atom. The molecule has 0 bridgehead atoms. The second-order valence-corrected chi connectivity index (χ2v) is 7.70. The molecule has 0 atom stereocenters. The van der Waals surface area contributed by atoms with Gasteiger partial charge in [-0.2, -0.15) is 0 Å². The third-order valence-electron chi connectivity index (χ3n) is 4.82. The second kappa shape index (κ2) is 8.69. The van der Waals surface area contributed by atoms with Gasteiger partial charge in [0.1, 0.15) is 27.7 Å². The Balaban J connectivity index is 1.68. The summed E-state index contributed by atoms with van der Waals surface area (Å²) in [5.74, 6) is -1.44. The van der Waals surface area contributed by atoms with Crippen molar-refractivity contribution in [3.05, 3.63) is 76.8 Å². The van der Waals surface area contributed by atoms with Crippen LogP contribution in [0.15, 0.2) is 54.2 Å². The van der Waals surface area contributed by atoms with Crippen molar-refractivity contribution >= 4 is 33.9 Å². The number of anilines is 1. The predicted octanol–water partition coefficient (Wildman–Crippen LogP) is 5.19. The maximum absolute atomic E-state index is 13.4. The van der Waals surface area contributed by atoms with Gasteiger partial charge in [-0.25, -0.2) is 14.2 Å². The van der Waals surface area contributed by atoms with E-state index < -0.39 is 17.7 Å². The number of thiophene rings is 1. The molecular formula is C23H20FN3O3S. The van der Waals surface area contributed by atoms with Crippen LogP contribution in [0.3, 0.4) is 0 Å². The number of amides is 1. The van der Waals surface area contributed by atoms with Gasteiger partial charge in [0.25, 0.3) is 5.91 Å². The molecule has 0 unspecified atom stereocenters. The lowest BCUT2D eigenvalue weighted by Crippen LogP contribution is -2.15. The van der Waals surface area contributed by atoms with Gasteiger partial charge in [0.2, 0.25) is 0 Å². The first kappa shape index (κ1) is 20.7. The molecule has 0 aliphatic carbocycles. The average molecular weight is 437 g/mol. The molecule has 1 amide bonds. The number of halogens is 1. The number of imidazole rings is 1. The highest BCUT2D eigenvalue weighted by Crippen LogP contribution is 2.36. The molecule has 31 heavy (non-hydrogen) atoms. The van der Waals surface area contributed by atoms with Crippen LogP contribution in [-0.4, -0.2) is 27.9 Å². The molecule has 4 rings (SSSR count). The number of aromatic nitrogens is 2. The van der Waals surface area contributed by atoms with E-state index in [2.05, 4.69) is 17.2 Å². The van der Waals surface area contributed by atoms with E-state index in [0.717, 1.165) is 12.0 Å². The monoisotopic (exact) mass is 437 g/mol. The normalized spacial score (nSPS) is 10.9. The Kier molecular flexibility index (Phi) is 5.81. The fraction of sp³-hybridized carbons (Fsp3) is 0.174. The van der Waals surface area contributed by atoms with Gasteiger partial charge in [-0.15, -0.1) is 11.3 Å². The van der Waals surface area contributed by atoms with Gasteiger partial charge in [-0.05, 0) is 36.6 Å². The van der Waals surface area contributed by atoms with Crippen LogP contribution in [0.1, 0.15) is 40.3 Å². The van der Waals surface area contributed by atoms with Crippen LogP contribution < -0.4 is 5.32 Å². The molecule has 0 fully saturated rings. The fourth-order valence-corrected chi connectivity index (χ4v) is 4.18. The maximum Gasteiger partial charge on any atom is 0.341 e. The van der Waals surface area contributed by atoms with E-state index in [-0.39, 0.29) is 12.3 Å². The van der Waals surface area contributed by atoms with Crippen molar-refractivity contribution in [2.24, 2.45) is 0 Å². The second-order valence-electron chi connectivity index (χ2n) is 6.82. The number of nitrogens with one attached hydrogen (secondary N) is 1. The summed E-state index contributed by atoms with van der Waals surface area (Å²) in [6.45, 7) is 4.02.